The zero-order valence-electron chi connectivity index (χ0n) is 19.2. The first-order valence-corrected chi connectivity index (χ1v) is 12.6. The third kappa shape index (κ3) is 6.07. The summed E-state index contributed by atoms with van der Waals surface area (Å²) in [6.07, 6.45) is 1.68. The lowest BCUT2D eigenvalue weighted by atomic mass is 10.0. The molecule has 1 heterocycles. The molecule has 2 aromatic carbocycles. The summed E-state index contributed by atoms with van der Waals surface area (Å²) in [5.41, 5.74) is 3.49. The van der Waals surface area contributed by atoms with Gasteiger partial charge in [-0.2, -0.15) is 0 Å². The predicted molar refractivity (Wildman–Crippen MR) is 125 cm³/mol. The number of anilines is 1. The minimum atomic E-state index is -3.20. The van der Waals surface area contributed by atoms with Crippen LogP contribution in [-0.2, 0) is 33.2 Å². The van der Waals surface area contributed by atoms with Crippen LogP contribution in [0.15, 0.2) is 42.5 Å². The van der Waals surface area contributed by atoms with Gasteiger partial charge in [0.2, 0.25) is 0 Å². The molecule has 1 aliphatic rings. The molecule has 0 bridgehead atoms. The molecule has 0 radical (unpaired) electrons. The third-order valence-electron chi connectivity index (χ3n) is 5.79. The number of morpholine rings is 1. The zero-order chi connectivity index (χ0) is 22.8. The van der Waals surface area contributed by atoms with Crippen LogP contribution in [0.4, 0.5) is 10.1 Å². The average Bonchev–Trinajstić information content (AvgIpc) is 2.65. The Kier molecular flexibility index (Phi) is 7.11. The van der Waals surface area contributed by atoms with Crippen molar-refractivity contribution in [2.45, 2.75) is 70.2 Å². The van der Waals surface area contributed by atoms with Gasteiger partial charge in [-0.05, 0) is 76.3 Å². The van der Waals surface area contributed by atoms with Gasteiger partial charge >= 0.3 is 0 Å². The molecule has 2 aromatic rings. The summed E-state index contributed by atoms with van der Waals surface area (Å²) in [7, 11) is -3.20. The number of hydrogen-bond donors (Lipinski definition) is 0. The Morgan fingerprint density at radius 2 is 1.45 bits per heavy atom. The van der Waals surface area contributed by atoms with E-state index in [0.29, 0.717) is 18.8 Å². The van der Waals surface area contributed by atoms with Crippen molar-refractivity contribution in [1.29, 1.82) is 0 Å². The number of sulfone groups is 1. The van der Waals surface area contributed by atoms with E-state index in [-0.39, 0.29) is 23.8 Å². The topological polar surface area (TPSA) is 46.6 Å². The van der Waals surface area contributed by atoms with Crippen molar-refractivity contribution >= 4 is 15.5 Å². The van der Waals surface area contributed by atoms with Crippen LogP contribution < -0.4 is 4.90 Å². The molecule has 170 valence electrons. The molecular weight excluding hydrogens is 413 g/mol. The van der Waals surface area contributed by atoms with Crippen molar-refractivity contribution in [3.8, 4) is 0 Å². The van der Waals surface area contributed by atoms with Crippen LogP contribution in [0, 0.1) is 5.82 Å². The number of benzene rings is 2. The molecule has 0 aliphatic carbocycles. The molecule has 0 amide bonds. The van der Waals surface area contributed by atoms with Crippen molar-refractivity contribution in [3.63, 3.8) is 0 Å². The highest BCUT2D eigenvalue weighted by atomic mass is 32.2. The van der Waals surface area contributed by atoms with Crippen molar-refractivity contribution in [2.24, 2.45) is 0 Å². The first-order valence-electron chi connectivity index (χ1n) is 10.9. The van der Waals surface area contributed by atoms with E-state index in [1.807, 2.05) is 50.2 Å². The summed E-state index contributed by atoms with van der Waals surface area (Å²) >= 11 is 0. The SMILES string of the molecule is C[C@@H]1CN(c2ccc(CCc3ccc(CS(=O)(=O)C(C)(C)C)cc3)cc2F)C[C@H](C)O1. The molecule has 31 heavy (non-hydrogen) atoms. The van der Waals surface area contributed by atoms with E-state index in [0.717, 1.165) is 29.5 Å². The molecule has 4 nitrogen and oxygen atoms in total. The van der Waals surface area contributed by atoms with Gasteiger partial charge in [0.1, 0.15) is 5.82 Å². The Labute approximate surface area is 186 Å². The summed E-state index contributed by atoms with van der Waals surface area (Å²) in [6, 6.07) is 13.2. The van der Waals surface area contributed by atoms with Crippen molar-refractivity contribution < 1.29 is 17.5 Å². The Bertz CT molecular complexity index is 986. The Hall–Kier alpha value is -1.92. The minimum absolute atomic E-state index is 0.0439. The standard InChI is InChI=1S/C25H34FNO3S/c1-18-15-27(16-19(2)30-18)24-13-12-21(14-23(24)26)9-6-20-7-10-22(11-8-20)17-31(28,29)25(3,4)5/h7-8,10-14,18-19H,6,9,15-17H2,1-5H3/t18-,19+. The average molecular weight is 448 g/mol. The molecule has 0 unspecified atom stereocenters. The summed E-state index contributed by atoms with van der Waals surface area (Å²) in [5.74, 6) is -0.149. The molecule has 1 fully saturated rings. The molecule has 1 saturated heterocycles. The number of aryl methyl sites for hydroxylation is 2. The van der Waals surface area contributed by atoms with Crippen LogP contribution in [0.25, 0.3) is 0 Å². The fraction of sp³-hybridized carbons (Fsp3) is 0.520. The molecular formula is C25H34FNO3S. The largest absolute Gasteiger partial charge is 0.372 e. The van der Waals surface area contributed by atoms with Gasteiger partial charge in [0.05, 0.1) is 28.4 Å². The van der Waals surface area contributed by atoms with Gasteiger partial charge in [-0.15, -0.1) is 0 Å². The van der Waals surface area contributed by atoms with Gasteiger partial charge in [0, 0.05) is 13.1 Å². The first kappa shape index (κ1) is 23.7. The quantitative estimate of drug-likeness (QED) is 0.629. The van der Waals surface area contributed by atoms with E-state index in [9.17, 15) is 12.8 Å². The fourth-order valence-electron chi connectivity index (χ4n) is 3.86. The monoisotopic (exact) mass is 447 g/mol. The van der Waals surface area contributed by atoms with E-state index in [1.54, 1.807) is 26.8 Å². The Balaban J connectivity index is 1.61. The fourth-order valence-corrected chi connectivity index (χ4v) is 4.93. The maximum absolute atomic E-state index is 14.8. The summed E-state index contributed by atoms with van der Waals surface area (Å²) < 4.78 is 44.5. The van der Waals surface area contributed by atoms with E-state index < -0.39 is 14.6 Å². The van der Waals surface area contributed by atoms with Gasteiger partial charge in [-0.1, -0.05) is 30.3 Å². The van der Waals surface area contributed by atoms with E-state index in [4.69, 9.17) is 4.74 Å². The Morgan fingerprint density at radius 3 is 2.00 bits per heavy atom. The van der Waals surface area contributed by atoms with Crippen LogP contribution in [-0.4, -0.2) is 38.5 Å². The van der Waals surface area contributed by atoms with Gasteiger partial charge in [-0.25, -0.2) is 12.8 Å². The summed E-state index contributed by atoms with van der Waals surface area (Å²) in [6.45, 7) is 10.6. The van der Waals surface area contributed by atoms with Gasteiger partial charge < -0.3 is 9.64 Å². The van der Waals surface area contributed by atoms with Gasteiger partial charge in [-0.3, -0.25) is 0 Å². The van der Waals surface area contributed by atoms with Crippen molar-refractivity contribution in [2.75, 3.05) is 18.0 Å². The minimum Gasteiger partial charge on any atom is -0.372 e. The van der Waals surface area contributed by atoms with Crippen LogP contribution in [0.2, 0.25) is 0 Å². The third-order valence-corrected chi connectivity index (χ3v) is 8.37. The maximum atomic E-state index is 14.8. The number of hydrogen-bond acceptors (Lipinski definition) is 4. The van der Waals surface area contributed by atoms with Crippen molar-refractivity contribution in [1.82, 2.24) is 0 Å². The summed E-state index contributed by atoms with van der Waals surface area (Å²) in [5, 5.41) is 0. The van der Waals surface area contributed by atoms with Crippen LogP contribution in [0.1, 0.15) is 51.3 Å². The number of nitrogens with zero attached hydrogens (tertiary/aromatic N) is 1. The zero-order valence-corrected chi connectivity index (χ0v) is 20.0. The molecule has 3 rings (SSSR count). The highest BCUT2D eigenvalue weighted by Gasteiger charge is 2.29. The van der Waals surface area contributed by atoms with E-state index in [2.05, 4.69) is 4.90 Å². The van der Waals surface area contributed by atoms with Crippen LogP contribution >= 0.6 is 0 Å². The molecule has 0 aromatic heterocycles. The molecule has 1 aliphatic heterocycles. The summed E-state index contributed by atoms with van der Waals surface area (Å²) in [4.78, 5) is 2.06. The maximum Gasteiger partial charge on any atom is 0.159 e. The molecule has 0 spiro atoms. The molecule has 6 heteroatoms. The Morgan fingerprint density at radius 1 is 0.935 bits per heavy atom. The number of rotatable bonds is 6. The second-order valence-corrected chi connectivity index (χ2v) is 12.4. The molecule has 0 saturated carbocycles. The number of halogens is 1. The van der Waals surface area contributed by atoms with Gasteiger partial charge in [0.15, 0.2) is 9.84 Å². The predicted octanol–water partition coefficient (Wildman–Crippen LogP) is 4.94. The van der Waals surface area contributed by atoms with Crippen LogP contribution in [0.3, 0.4) is 0 Å². The van der Waals surface area contributed by atoms with Gasteiger partial charge in [0.25, 0.3) is 0 Å². The smallest absolute Gasteiger partial charge is 0.159 e. The molecule has 2 atom stereocenters. The van der Waals surface area contributed by atoms with Crippen LogP contribution in [0.5, 0.6) is 0 Å². The van der Waals surface area contributed by atoms with Crippen molar-refractivity contribution in [3.05, 3.63) is 65.0 Å². The lowest BCUT2D eigenvalue weighted by Gasteiger charge is -2.37. The van der Waals surface area contributed by atoms with E-state index in [1.165, 1.54) is 0 Å². The van der Waals surface area contributed by atoms with E-state index >= 15 is 0 Å². The highest BCUT2D eigenvalue weighted by molar-refractivity contribution is 7.91. The lowest BCUT2D eigenvalue weighted by Crippen LogP contribution is -2.45. The normalized spacial score (nSPS) is 20.1. The molecule has 0 N–H and O–H groups in total. The first-order chi connectivity index (χ1) is 14.4. The second-order valence-electron chi connectivity index (χ2n) is 9.64. The highest BCUT2D eigenvalue weighted by Crippen LogP contribution is 2.25. The lowest BCUT2D eigenvalue weighted by molar-refractivity contribution is -0.00539. The number of ether oxygens (including phenoxy) is 1. The second kappa shape index (κ2) is 9.29.